The molecule has 29 heavy (non-hydrogen) atoms. The van der Waals surface area contributed by atoms with E-state index in [9.17, 15) is 14.4 Å². The quantitative estimate of drug-likeness (QED) is 0.743. The Labute approximate surface area is 170 Å². The number of benzene rings is 1. The molecule has 7 nitrogen and oxygen atoms in total. The summed E-state index contributed by atoms with van der Waals surface area (Å²) < 4.78 is 0. The number of amides is 3. The Hall–Kier alpha value is -2.25. The first-order valence-electron chi connectivity index (χ1n) is 10.6. The summed E-state index contributed by atoms with van der Waals surface area (Å²) in [5.74, 6) is 0.0535. The molecule has 3 aliphatic heterocycles. The Balaban J connectivity index is 1.30. The maximum Gasteiger partial charge on any atom is 0.255 e. The largest absolute Gasteiger partial charge is 0.322 e. The van der Waals surface area contributed by atoms with Gasteiger partial charge in [0.2, 0.25) is 11.8 Å². The summed E-state index contributed by atoms with van der Waals surface area (Å²) in [7, 11) is 2.08. The van der Waals surface area contributed by atoms with Crippen LogP contribution in [0, 0.1) is 5.92 Å². The van der Waals surface area contributed by atoms with Crippen LogP contribution in [0.15, 0.2) is 18.2 Å². The van der Waals surface area contributed by atoms with E-state index in [1.54, 1.807) is 4.90 Å². The SMILES string of the molecule is CNC12CCC(CN(Cc3ccc4c(c3)CN(C3CCC(=O)NC3=O)C4=O)C1)C2. The fourth-order valence-corrected chi connectivity index (χ4v) is 5.81. The highest BCUT2D eigenvalue weighted by Gasteiger charge is 2.44. The Morgan fingerprint density at radius 3 is 2.90 bits per heavy atom. The van der Waals surface area contributed by atoms with Gasteiger partial charge in [0, 0.05) is 43.7 Å². The third-order valence-electron chi connectivity index (χ3n) is 7.28. The molecule has 2 N–H and O–H groups in total. The Bertz CT molecular complexity index is 885. The molecule has 154 valence electrons. The topological polar surface area (TPSA) is 81.8 Å². The van der Waals surface area contributed by atoms with E-state index >= 15 is 0 Å². The van der Waals surface area contributed by atoms with Crippen LogP contribution in [0.1, 0.15) is 53.6 Å². The van der Waals surface area contributed by atoms with Crippen LogP contribution in [0.2, 0.25) is 0 Å². The van der Waals surface area contributed by atoms with Gasteiger partial charge < -0.3 is 10.2 Å². The molecule has 5 rings (SSSR count). The van der Waals surface area contributed by atoms with Gasteiger partial charge in [-0.2, -0.15) is 0 Å². The van der Waals surface area contributed by atoms with E-state index in [-0.39, 0.29) is 29.7 Å². The highest BCUT2D eigenvalue weighted by atomic mass is 16.2. The fraction of sp³-hybridized carbons (Fsp3) is 0.591. The number of nitrogens with one attached hydrogen (secondary N) is 2. The van der Waals surface area contributed by atoms with Crippen molar-refractivity contribution >= 4 is 17.7 Å². The molecule has 2 bridgehead atoms. The third-order valence-corrected chi connectivity index (χ3v) is 7.28. The normalized spacial score (nSPS) is 31.9. The first-order chi connectivity index (χ1) is 14.0. The summed E-state index contributed by atoms with van der Waals surface area (Å²) in [6.45, 7) is 3.54. The van der Waals surface area contributed by atoms with Gasteiger partial charge >= 0.3 is 0 Å². The summed E-state index contributed by atoms with van der Waals surface area (Å²) >= 11 is 0. The number of carbonyl (C=O) groups is 3. The number of hydrogen-bond acceptors (Lipinski definition) is 5. The summed E-state index contributed by atoms with van der Waals surface area (Å²) in [5.41, 5.74) is 3.15. The van der Waals surface area contributed by atoms with Crippen molar-refractivity contribution in [2.75, 3.05) is 20.1 Å². The molecule has 0 spiro atoms. The van der Waals surface area contributed by atoms with Gasteiger partial charge in [0.15, 0.2) is 0 Å². The molecule has 1 aromatic rings. The van der Waals surface area contributed by atoms with Crippen molar-refractivity contribution in [3.63, 3.8) is 0 Å². The Morgan fingerprint density at radius 1 is 1.24 bits per heavy atom. The van der Waals surface area contributed by atoms with Gasteiger partial charge in [0.05, 0.1) is 0 Å². The van der Waals surface area contributed by atoms with Crippen molar-refractivity contribution < 1.29 is 14.4 Å². The van der Waals surface area contributed by atoms with Gasteiger partial charge in [-0.05, 0) is 55.8 Å². The van der Waals surface area contributed by atoms with Crippen molar-refractivity contribution in [1.82, 2.24) is 20.4 Å². The lowest BCUT2D eigenvalue weighted by Crippen LogP contribution is -2.53. The highest BCUT2D eigenvalue weighted by Crippen LogP contribution is 2.40. The molecule has 0 aromatic heterocycles. The lowest BCUT2D eigenvalue weighted by atomic mass is 9.91. The molecule has 3 amide bonds. The minimum atomic E-state index is -0.552. The zero-order valence-electron chi connectivity index (χ0n) is 16.9. The lowest BCUT2D eigenvalue weighted by Gasteiger charge is -2.40. The molecule has 0 radical (unpaired) electrons. The molecular formula is C22H28N4O3. The average Bonchev–Trinajstić information content (AvgIpc) is 3.18. The number of likely N-dealkylation sites (N-methyl/N-ethyl adjacent to an activating group) is 1. The molecule has 4 aliphatic rings. The van der Waals surface area contributed by atoms with Crippen LogP contribution in [0.5, 0.6) is 0 Å². The van der Waals surface area contributed by atoms with Crippen LogP contribution >= 0.6 is 0 Å². The van der Waals surface area contributed by atoms with Gasteiger partial charge in [0.1, 0.15) is 6.04 Å². The van der Waals surface area contributed by atoms with Crippen LogP contribution in [-0.4, -0.2) is 59.2 Å². The van der Waals surface area contributed by atoms with E-state index in [0.717, 1.165) is 31.1 Å². The maximum atomic E-state index is 12.8. The van der Waals surface area contributed by atoms with Crippen LogP contribution < -0.4 is 10.6 Å². The van der Waals surface area contributed by atoms with Crippen molar-refractivity contribution in [3.8, 4) is 0 Å². The second-order valence-electron chi connectivity index (χ2n) is 9.20. The van der Waals surface area contributed by atoms with E-state index in [1.165, 1.54) is 24.8 Å². The molecule has 3 fully saturated rings. The number of likely N-dealkylation sites (tertiary alicyclic amines) is 1. The minimum absolute atomic E-state index is 0.105. The number of fused-ring (bicyclic) bond motifs is 3. The summed E-state index contributed by atoms with van der Waals surface area (Å²) in [6.07, 6.45) is 4.52. The second-order valence-corrected chi connectivity index (χ2v) is 9.20. The predicted molar refractivity (Wildman–Crippen MR) is 107 cm³/mol. The van der Waals surface area contributed by atoms with Crippen LogP contribution in [0.25, 0.3) is 0 Å². The summed E-state index contributed by atoms with van der Waals surface area (Å²) in [4.78, 5) is 40.6. The maximum absolute atomic E-state index is 12.8. The van der Waals surface area contributed by atoms with Crippen molar-refractivity contribution in [2.24, 2.45) is 5.92 Å². The molecular weight excluding hydrogens is 368 g/mol. The Morgan fingerprint density at radius 2 is 2.10 bits per heavy atom. The zero-order chi connectivity index (χ0) is 20.2. The number of rotatable bonds is 4. The molecule has 1 aromatic carbocycles. The van der Waals surface area contributed by atoms with Crippen molar-refractivity contribution in [3.05, 3.63) is 34.9 Å². The fourth-order valence-electron chi connectivity index (χ4n) is 5.81. The van der Waals surface area contributed by atoms with E-state index < -0.39 is 6.04 Å². The second kappa shape index (κ2) is 6.92. The van der Waals surface area contributed by atoms with Gasteiger partial charge in [-0.1, -0.05) is 12.1 Å². The van der Waals surface area contributed by atoms with Gasteiger partial charge in [-0.3, -0.25) is 24.6 Å². The predicted octanol–water partition coefficient (Wildman–Crippen LogP) is 1.02. The third kappa shape index (κ3) is 3.26. The summed E-state index contributed by atoms with van der Waals surface area (Å²) in [5, 5.41) is 5.92. The van der Waals surface area contributed by atoms with Crippen LogP contribution in [0.3, 0.4) is 0 Å². The van der Waals surface area contributed by atoms with Gasteiger partial charge in [-0.15, -0.1) is 0 Å². The van der Waals surface area contributed by atoms with Gasteiger partial charge in [-0.25, -0.2) is 0 Å². The van der Waals surface area contributed by atoms with Crippen molar-refractivity contribution in [1.29, 1.82) is 0 Å². The number of carbonyl (C=O) groups excluding carboxylic acids is 3. The molecule has 3 atom stereocenters. The van der Waals surface area contributed by atoms with Crippen LogP contribution in [0.4, 0.5) is 0 Å². The summed E-state index contributed by atoms with van der Waals surface area (Å²) in [6, 6.07) is 5.53. The Kier molecular flexibility index (Phi) is 4.47. The highest BCUT2D eigenvalue weighted by molar-refractivity contribution is 6.05. The molecule has 1 saturated carbocycles. The smallest absolute Gasteiger partial charge is 0.255 e. The number of hydrogen-bond donors (Lipinski definition) is 2. The molecule has 3 heterocycles. The van der Waals surface area contributed by atoms with E-state index in [4.69, 9.17) is 0 Å². The van der Waals surface area contributed by atoms with Gasteiger partial charge in [0.25, 0.3) is 5.91 Å². The van der Waals surface area contributed by atoms with E-state index in [2.05, 4.69) is 28.6 Å². The minimum Gasteiger partial charge on any atom is -0.322 e. The molecule has 3 unspecified atom stereocenters. The standard InChI is InChI=1S/C22H28N4O3/c1-23-22-7-6-15(9-22)11-25(13-22)10-14-2-3-17-16(8-14)12-26(21(17)29)18-4-5-19(27)24-20(18)28/h2-3,8,15,18,23H,4-7,9-13H2,1H3,(H,24,27,28). The zero-order valence-corrected chi connectivity index (χ0v) is 16.9. The lowest BCUT2D eigenvalue weighted by molar-refractivity contribution is -0.136. The number of nitrogens with zero attached hydrogens (tertiary/aromatic N) is 2. The molecule has 7 heteroatoms. The molecule has 2 saturated heterocycles. The first kappa shape index (κ1) is 18.8. The first-order valence-corrected chi connectivity index (χ1v) is 10.6. The monoisotopic (exact) mass is 396 g/mol. The van der Waals surface area contributed by atoms with E-state index in [1.807, 2.05) is 12.1 Å². The number of imide groups is 1. The average molecular weight is 396 g/mol. The molecule has 1 aliphatic carbocycles. The van der Waals surface area contributed by atoms with E-state index in [0.29, 0.717) is 18.5 Å². The van der Waals surface area contributed by atoms with Crippen molar-refractivity contribution in [2.45, 2.75) is 56.8 Å². The van der Waals surface area contributed by atoms with Crippen LogP contribution in [-0.2, 0) is 22.7 Å². The number of piperidine rings is 2.